The number of aromatic nitrogens is 2. The molecule has 0 aliphatic carbocycles. The fourth-order valence-corrected chi connectivity index (χ4v) is 4.22. The summed E-state index contributed by atoms with van der Waals surface area (Å²) in [4.78, 5) is 20.5. The molecule has 0 saturated carbocycles. The molecule has 4 N–H and O–H groups in total. The van der Waals surface area contributed by atoms with Crippen molar-refractivity contribution < 1.29 is 13.2 Å². The number of rotatable bonds is 9. The van der Waals surface area contributed by atoms with Crippen molar-refractivity contribution in [1.29, 1.82) is 5.41 Å². The second-order valence-corrected chi connectivity index (χ2v) is 8.53. The van der Waals surface area contributed by atoms with E-state index < -0.39 is 10.0 Å². The van der Waals surface area contributed by atoms with Crippen LogP contribution in [0.15, 0.2) is 48.9 Å². The number of H-pyrrole nitrogens is 1. The first kappa shape index (κ1) is 21.3. The zero-order valence-corrected chi connectivity index (χ0v) is 17.5. The fourth-order valence-electron chi connectivity index (χ4n) is 3.09. The average molecular weight is 426 g/mol. The molecule has 156 valence electrons. The van der Waals surface area contributed by atoms with E-state index in [-0.39, 0.29) is 11.5 Å². The lowest BCUT2D eigenvalue weighted by Crippen LogP contribution is -2.16. The van der Waals surface area contributed by atoms with Gasteiger partial charge in [0.25, 0.3) is 0 Å². The highest BCUT2D eigenvalue weighted by Crippen LogP contribution is 2.24. The number of hydrogen-bond acceptors (Lipinski definition) is 6. The smallest absolute Gasteiger partial charge is 0.232 e. The Labute approximate surface area is 175 Å². The molecule has 2 heterocycles. The Morgan fingerprint density at radius 2 is 2.07 bits per heavy atom. The lowest BCUT2D eigenvalue weighted by molar-refractivity contribution is 0.104. The molecule has 0 radical (unpaired) electrons. The van der Waals surface area contributed by atoms with Gasteiger partial charge in [0.2, 0.25) is 10.0 Å². The second kappa shape index (κ2) is 8.91. The lowest BCUT2D eigenvalue weighted by atomic mass is 10.0. The average Bonchev–Trinajstić information content (AvgIpc) is 3.14. The number of pyridine rings is 1. The number of fused-ring (bicyclic) bond motifs is 1. The first-order valence-corrected chi connectivity index (χ1v) is 11.0. The summed E-state index contributed by atoms with van der Waals surface area (Å²) >= 11 is 0. The van der Waals surface area contributed by atoms with Crippen molar-refractivity contribution >= 4 is 44.3 Å². The number of carbonyl (C=O) groups is 1. The van der Waals surface area contributed by atoms with E-state index in [0.717, 1.165) is 0 Å². The Hall–Kier alpha value is -3.46. The molecule has 0 amide bonds. The first-order chi connectivity index (χ1) is 14.4. The molecule has 8 nitrogen and oxygen atoms in total. The van der Waals surface area contributed by atoms with Crippen molar-refractivity contribution in [1.82, 2.24) is 15.3 Å². The van der Waals surface area contributed by atoms with Crippen LogP contribution in [0.3, 0.4) is 0 Å². The largest absolute Gasteiger partial charge is 0.393 e. The van der Waals surface area contributed by atoms with Crippen LogP contribution in [0, 0.1) is 5.41 Å². The van der Waals surface area contributed by atoms with Crippen molar-refractivity contribution in [3.05, 3.63) is 65.6 Å². The molecule has 0 unspecified atom stereocenters. The quantitative estimate of drug-likeness (QED) is 0.309. The Bertz CT molecular complexity index is 1230. The summed E-state index contributed by atoms with van der Waals surface area (Å²) in [6, 6.07) is 8.21. The third-order valence-electron chi connectivity index (χ3n) is 4.44. The molecule has 0 atom stereocenters. The number of ketones is 1. The highest BCUT2D eigenvalue weighted by Gasteiger charge is 2.17. The molecule has 0 spiro atoms. The van der Waals surface area contributed by atoms with Gasteiger partial charge in [-0.1, -0.05) is 19.1 Å². The lowest BCUT2D eigenvalue weighted by Gasteiger charge is -2.08. The number of benzene rings is 1. The van der Waals surface area contributed by atoms with Gasteiger partial charge in [-0.15, -0.1) is 0 Å². The van der Waals surface area contributed by atoms with Gasteiger partial charge >= 0.3 is 0 Å². The third-order valence-corrected chi connectivity index (χ3v) is 5.93. The molecule has 30 heavy (non-hydrogen) atoms. The Kier molecular flexibility index (Phi) is 6.31. The highest BCUT2D eigenvalue weighted by atomic mass is 32.2. The molecule has 3 rings (SSSR count). The summed E-state index contributed by atoms with van der Waals surface area (Å²) in [6.45, 7) is 1.79. The van der Waals surface area contributed by atoms with Crippen molar-refractivity contribution in [3.8, 4) is 0 Å². The van der Waals surface area contributed by atoms with E-state index in [1.54, 1.807) is 56.8 Å². The van der Waals surface area contributed by atoms with Gasteiger partial charge in [-0.2, -0.15) is 0 Å². The number of carbonyl (C=O) groups excluding carboxylic acids is 1. The molecular formula is C21H23N5O3S. The molecular weight excluding hydrogens is 402 g/mol. The van der Waals surface area contributed by atoms with Crippen LogP contribution >= 0.6 is 0 Å². The van der Waals surface area contributed by atoms with Gasteiger partial charge in [-0.3, -0.25) is 9.52 Å². The van der Waals surface area contributed by atoms with Crippen molar-refractivity contribution in [2.24, 2.45) is 0 Å². The van der Waals surface area contributed by atoms with Crippen molar-refractivity contribution in [2.75, 3.05) is 17.5 Å². The van der Waals surface area contributed by atoms with Crippen LogP contribution in [-0.2, 0) is 10.0 Å². The summed E-state index contributed by atoms with van der Waals surface area (Å²) in [5.74, 6) is -0.247. The normalized spacial score (nSPS) is 12.0. The molecule has 2 aromatic heterocycles. The number of nitrogens with zero attached hydrogens (tertiary/aromatic N) is 1. The van der Waals surface area contributed by atoms with Crippen LogP contribution in [0.4, 0.5) is 5.69 Å². The molecule has 3 aromatic rings. The van der Waals surface area contributed by atoms with Crippen LogP contribution in [0.25, 0.3) is 16.6 Å². The summed E-state index contributed by atoms with van der Waals surface area (Å²) < 4.78 is 26.6. The van der Waals surface area contributed by atoms with Crippen LogP contribution in [-0.4, -0.2) is 43.2 Å². The zero-order valence-electron chi connectivity index (χ0n) is 16.7. The predicted octanol–water partition coefficient (Wildman–Crippen LogP) is 3.16. The molecule has 0 aliphatic heterocycles. The number of anilines is 1. The topological polar surface area (TPSA) is 128 Å². The number of allylic oxidation sites excluding steroid dienone is 1. The van der Waals surface area contributed by atoms with Crippen LogP contribution < -0.4 is 10.0 Å². The molecule has 9 heteroatoms. The standard InChI is InChI=1S/C21H23N5O3S/c1-3-7-30(28,29)26-17-6-4-5-14(8-17)20(27)19-13-25-21-18(19)9-15(12-24-21)16(10-22)11-23-2/h4-6,8-13,22-23,26H,3,7H2,1-2H3,(H,24,25)/b16-11+,22-10?. The molecule has 0 saturated heterocycles. The second-order valence-electron chi connectivity index (χ2n) is 6.69. The van der Waals surface area contributed by atoms with E-state index in [1.165, 1.54) is 12.3 Å². The molecule has 0 fully saturated rings. The van der Waals surface area contributed by atoms with Gasteiger partial charge in [0, 0.05) is 65.2 Å². The summed E-state index contributed by atoms with van der Waals surface area (Å²) in [7, 11) is -1.71. The number of nitrogens with one attached hydrogen (secondary N) is 4. The first-order valence-electron chi connectivity index (χ1n) is 9.39. The van der Waals surface area contributed by atoms with E-state index >= 15 is 0 Å². The maximum Gasteiger partial charge on any atom is 0.232 e. The Morgan fingerprint density at radius 1 is 1.27 bits per heavy atom. The van der Waals surface area contributed by atoms with Gasteiger partial charge in [-0.25, -0.2) is 13.4 Å². The number of sulfonamides is 1. The van der Waals surface area contributed by atoms with Gasteiger partial charge in [0.1, 0.15) is 5.65 Å². The minimum absolute atomic E-state index is 0.0115. The monoisotopic (exact) mass is 425 g/mol. The van der Waals surface area contributed by atoms with E-state index in [4.69, 9.17) is 5.41 Å². The number of aromatic amines is 1. The minimum Gasteiger partial charge on any atom is -0.393 e. The van der Waals surface area contributed by atoms with Gasteiger partial charge in [0.15, 0.2) is 5.78 Å². The van der Waals surface area contributed by atoms with Crippen LogP contribution in [0.1, 0.15) is 34.8 Å². The SMILES string of the molecule is CCCS(=O)(=O)Nc1cccc(C(=O)c2c[nH]c3ncc(/C(C=N)=C/NC)cc23)c1. The minimum atomic E-state index is -3.45. The zero-order chi connectivity index (χ0) is 21.7. The van der Waals surface area contributed by atoms with Gasteiger partial charge in [0.05, 0.1) is 5.75 Å². The Balaban J connectivity index is 1.98. The molecule has 0 bridgehead atoms. The number of hydrogen-bond donors (Lipinski definition) is 4. The molecule has 1 aromatic carbocycles. The summed E-state index contributed by atoms with van der Waals surface area (Å²) in [5, 5.41) is 11.1. The molecule has 0 aliphatic rings. The van der Waals surface area contributed by atoms with Gasteiger partial charge in [-0.05, 0) is 24.6 Å². The van der Waals surface area contributed by atoms with E-state index in [1.807, 2.05) is 0 Å². The van der Waals surface area contributed by atoms with Crippen molar-refractivity contribution in [3.63, 3.8) is 0 Å². The van der Waals surface area contributed by atoms with Crippen LogP contribution in [0.5, 0.6) is 0 Å². The maximum atomic E-state index is 13.1. The highest BCUT2D eigenvalue weighted by molar-refractivity contribution is 7.92. The predicted molar refractivity (Wildman–Crippen MR) is 119 cm³/mol. The van der Waals surface area contributed by atoms with E-state index in [0.29, 0.717) is 45.4 Å². The summed E-state index contributed by atoms with van der Waals surface area (Å²) in [6.07, 6.45) is 6.60. The van der Waals surface area contributed by atoms with Gasteiger partial charge < -0.3 is 15.7 Å². The van der Waals surface area contributed by atoms with Crippen LogP contribution in [0.2, 0.25) is 0 Å². The Morgan fingerprint density at radius 3 is 2.77 bits per heavy atom. The van der Waals surface area contributed by atoms with E-state index in [2.05, 4.69) is 20.0 Å². The third kappa shape index (κ3) is 4.57. The van der Waals surface area contributed by atoms with Crippen molar-refractivity contribution in [2.45, 2.75) is 13.3 Å². The summed E-state index contributed by atoms with van der Waals surface area (Å²) in [5.41, 5.74) is 2.99. The fraction of sp³-hybridized carbons (Fsp3) is 0.190. The van der Waals surface area contributed by atoms with E-state index in [9.17, 15) is 13.2 Å². The maximum absolute atomic E-state index is 13.1.